The van der Waals surface area contributed by atoms with Crippen molar-refractivity contribution in [1.82, 2.24) is 0 Å². The highest BCUT2D eigenvalue weighted by atomic mass is 35.5. The summed E-state index contributed by atoms with van der Waals surface area (Å²) in [6.07, 6.45) is 0. The molecule has 0 spiro atoms. The number of hydrogen-bond acceptors (Lipinski definition) is 4. The first-order valence-corrected chi connectivity index (χ1v) is 6.76. The third kappa shape index (κ3) is 1.64. The van der Waals surface area contributed by atoms with Crippen molar-refractivity contribution >= 4 is 53.8 Å². The monoisotopic (exact) mass is 277 g/mol. The van der Waals surface area contributed by atoms with E-state index < -0.39 is 0 Å². The second-order valence-corrected chi connectivity index (χ2v) is 6.29. The zero-order valence-electron chi connectivity index (χ0n) is 8.36. The van der Waals surface area contributed by atoms with E-state index in [9.17, 15) is 4.79 Å². The molecular formula is C12H4ClNOS2. The molecule has 0 N–H and O–H groups in total. The van der Waals surface area contributed by atoms with Gasteiger partial charge in [-0.3, -0.25) is 4.79 Å². The average Bonchev–Trinajstić information content (AvgIpc) is 2.74. The van der Waals surface area contributed by atoms with E-state index in [2.05, 4.69) is 6.07 Å². The first kappa shape index (κ1) is 10.7. The van der Waals surface area contributed by atoms with Crippen LogP contribution < -0.4 is 5.43 Å². The van der Waals surface area contributed by atoms with E-state index in [1.165, 1.54) is 22.7 Å². The summed E-state index contributed by atoms with van der Waals surface area (Å²) in [6.45, 7) is 0. The topological polar surface area (TPSA) is 40.9 Å². The number of fused-ring (bicyclic) bond motifs is 2. The molecule has 17 heavy (non-hydrogen) atoms. The average molecular weight is 278 g/mol. The van der Waals surface area contributed by atoms with Crippen molar-refractivity contribution in [2.75, 3.05) is 0 Å². The van der Waals surface area contributed by atoms with Crippen LogP contribution in [0.3, 0.4) is 0 Å². The van der Waals surface area contributed by atoms with Crippen LogP contribution in [0.5, 0.6) is 0 Å². The predicted molar refractivity (Wildman–Crippen MR) is 73.2 cm³/mol. The molecule has 1 aromatic carbocycles. The molecule has 0 aliphatic rings. The maximum absolute atomic E-state index is 12.2. The second-order valence-electron chi connectivity index (χ2n) is 3.50. The highest BCUT2D eigenvalue weighted by Gasteiger charge is 2.10. The Hall–Kier alpha value is -1.41. The van der Waals surface area contributed by atoms with Crippen LogP contribution >= 0.6 is 34.3 Å². The molecule has 0 aliphatic carbocycles. The fourth-order valence-corrected chi connectivity index (χ4v) is 4.10. The largest absolute Gasteiger partial charge is 0.288 e. The van der Waals surface area contributed by atoms with Gasteiger partial charge in [0.15, 0.2) is 5.43 Å². The second kappa shape index (κ2) is 3.81. The molecule has 0 saturated carbocycles. The molecule has 5 heteroatoms. The van der Waals surface area contributed by atoms with Gasteiger partial charge in [0.05, 0.1) is 9.40 Å². The molecule has 0 aliphatic heterocycles. The third-order valence-corrected chi connectivity index (χ3v) is 4.99. The normalized spacial score (nSPS) is 10.8. The van der Waals surface area contributed by atoms with Gasteiger partial charge in [-0.2, -0.15) is 5.26 Å². The molecule has 0 radical (unpaired) electrons. The Morgan fingerprint density at radius 1 is 1.18 bits per heavy atom. The maximum atomic E-state index is 12.2. The summed E-state index contributed by atoms with van der Waals surface area (Å²) in [5.74, 6) is 0. The zero-order chi connectivity index (χ0) is 12.0. The zero-order valence-corrected chi connectivity index (χ0v) is 10.7. The van der Waals surface area contributed by atoms with Crippen LogP contribution in [-0.4, -0.2) is 0 Å². The maximum Gasteiger partial charge on any atom is 0.196 e. The molecule has 2 heterocycles. The molecule has 82 valence electrons. The highest BCUT2D eigenvalue weighted by Crippen LogP contribution is 2.31. The lowest BCUT2D eigenvalue weighted by atomic mass is 10.2. The van der Waals surface area contributed by atoms with Crippen molar-refractivity contribution in [2.24, 2.45) is 0 Å². The van der Waals surface area contributed by atoms with E-state index >= 15 is 0 Å². The first-order chi connectivity index (χ1) is 8.19. The summed E-state index contributed by atoms with van der Waals surface area (Å²) in [4.78, 5) is 12.8. The molecule has 0 bridgehead atoms. The summed E-state index contributed by atoms with van der Waals surface area (Å²) in [5, 5.41) is 10.6. The fraction of sp³-hybridized carbons (Fsp3) is 0. The van der Waals surface area contributed by atoms with E-state index in [-0.39, 0.29) is 5.43 Å². The Kier molecular flexibility index (Phi) is 2.40. The SMILES string of the molecule is N#Cc1cc2c(=O)c3cc(Cl)ccc3sc2s1. The van der Waals surface area contributed by atoms with Crippen molar-refractivity contribution in [3.05, 3.63) is 44.4 Å². The summed E-state index contributed by atoms with van der Waals surface area (Å²) in [5.41, 5.74) is -0.0472. The van der Waals surface area contributed by atoms with Gasteiger partial charge in [-0.25, -0.2) is 0 Å². The summed E-state index contributed by atoms with van der Waals surface area (Å²) < 4.78 is 1.79. The van der Waals surface area contributed by atoms with Crippen LogP contribution in [-0.2, 0) is 0 Å². The molecule has 0 fully saturated rings. The molecule has 3 rings (SSSR count). The molecule has 0 unspecified atom stereocenters. The quantitative estimate of drug-likeness (QED) is 0.623. The molecular weight excluding hydrogens is 274 g/mol. The van der Waals surface area contributed by atoms with Crippen LogP contribution in [0.25, 0.3) is 19.5 Å². The van der Waals surface area contributed by atoms with Crippen molar-refractivity contribution in [1.29, 1.82) is 5.26 Å². The van der Waals surface area contributed by atoms with E-state index in [0.717, 1.165) is 8.71 Å². The van der Waals surface area contributed by atoms with Crippen LogP contribution in [0, 0.1) is 11.3 Å². The molecule has 3 aromatic rings. The molecule has 2 aromatic heterocycles. The van der Waals surface area contributed by atoms with E-state index in [0.29, 0.717) is 20.7 Å². The van der Waals surface area contributed by atoms with Crippen molar-refractivity contribution < 1.29 is 0 Å². The molecule has 0 atom stereocenters. The number of nitrogens with zero attached hydrogens (tertiary/aromatic N) is 1. The van der Waals surface area contributed by atoms with E-state index in [4.69, 9.17) is 16.9 Å². The van der Waals surface area contributed by atoms with Crippen LogP contribution in [0.15, 0.2) is 29.1 Å². The minimum atomic E-state index is -0.0472. The van der Waals surface area contributed by atoms with Gasteiger partial charge in [0.25, 0.3) is 0 Å². The third-order valence-electron chi connectivity index (χ3n) is 2.44. The van der Waals surface area contributed by atoms with Crippen LogP contribution in [0.1, 0.15) is 4.88 Å². The van der Waals surface area contributed by atoms with E-state index in [1.54, 1.807) is 18.2 Å². The number of rotatable bonds is 0. The number of halogens is 1. The van der Waals surface area contributed by atoms with Crippen molar-refractivity contribution in [2.45, 2.75) is 0 Å². The predicted octanol–water partition coefficient (Wildman–Crippen LogP) is 4.00. The number of thiophene rings is 1. The number of hydrogen-bond donors (Lipinski definition) is 0. The summed E-state index contributed by atoms with van der Waals surface area (Å²) in [7, 11) is 0. The smallest absolute Gasteiger partial charge is 0.196 e. The Bertz CT molecular complexity index is 841. The van der Waals surface area contributed by atoms with Gasteiger partial charge < -0.3 is 0 Å². The Balaban J connectivity index is 2.56. The van der Waals surface area contributed by atoms with Crippen molar-refractivity contribution in [3.63, 3.8) is 0 Å². The van der Waals surface area contributed by atoms with Gasteiger partial charge >= 0.3 is 0 Å². The summed E-state index contributed by atoms with van der Waals surface area (Å²) >= 11 is 8.76. The van der Waals surface area contributed by atoms with Crippen LogP contribution in [0.2, 0.25) is 5.02 Å². The number of nitriles is 1. The van der Waals surface area contributed by atoms with E-state index in [1.807, 2.05) is 6.07 Å². The van der Waals surface area contributed by atoms with Gasteiger partial charge in [-0.05, 0) is 24.3 Å². The lowest BCUT2D eigenvalue weighted by molar-refractivity contribution is 1.52. The highest BCUT2D eigenvalue weighted by molar-refractivity contribution is 7.40. The molecule has 0 amide bonds. The first-order valence-electron chi connectivity index (χ1n) is 4.75. The van der Waals surface area contributed by atoms with Crippen LogP contribution in [0.4, 0.5) is 0 Å². The molecule has 0 saturated heterocycles. The Morgan fingerprint density at radius 2 is 2.00 bits per heavy atom. The fourth-order valence-electron chi connectivity index (χ4n) is 1.68. The van der Waals surface area contributed by atoms with Gasteiger partial charge in [0.1, 0.15) is 10.9 Å². The van der Waals surface area contributed by atoms with Gasteiger partial charge in [-0.15, -0.1) is 22.7 Å². The minimum Gasteiger partial charge on any atom is -0.288 e. The van der Waals surface area contributed by atoms with Gasteiger partial charge in [0.2, 0.25) is 0 Å². The standard InChI is InChI=1S/C12H4ClNOS2/c13-6-1-2-10-8(3-6)11(15)9-4-7(5-14)16-12(9)17-10/h1-4H. The Morgan fingerprint density at radius 3 is 2.76 bits per heavy atom. The molecule has 2 nitrogen and oxygen atoms in total. The minimum absolute atomic E-state index is 0.0472. The Labute approximate surface area is 109 Å². The van der Waals surface area contributed by atoms with Gasteiger partial charge in [-0.1, -0.05) is 11.6 Å². The van der Waals surface area contributed by atoms with Crippen molar-refractivity contribution in [3.8, 4) is 6.07 Å². The van der Waals surface area contributed by atoms with Gasteiger partial charge in [0, 0.05) is 15.1 Å². The lowest BCUT2D eigenvalue weighted by Gasteiger charge is -1.96. The lowest BCUT2D eigenvalue weighted by Crippen LogP contribution is -1.98. The summed E-state index contributed by atoms with van der Waals surface area (Å²) in [6, 6.07) is 9.01. The number of benzene rings is 1.